The van der Waals surface area contributed by atoms with Gasteiger partial charge in [0.15, 0.2) is 5.22 Å². The number of hydrogen-bond acceptors (Lipinski definition) is 2. The number of halogens is 1. The minimum atomic E-state index is 0.319. The van der Waals surface area contributed by atoms with Crippen LogP contribution >= 0.6 is 11.6 Å². The maximum Gasteiger partial charge on any atom is 0.193 e. The summed E-state index contributed by atoms with van der Waals surface area (Å²) in [5.74, 6) is 1.28. The van der Waals surface area contributed by atoms with Gasteiger partial charge in [0.05, 0.1) is 0 Å². The molecule has 17 heavy (non-hydrogen) atoms. The molecule has 0 fully saturated rings. The standard InChI is InChI=1S/C14H14ClNO/c1-9-2-3-10-11(6-7-16-12(10)8-9)13-4-5-14(15)17-13/h2-5,8,11,16H,6-7H2,1H3. The molecule has 2 aromatic rings. The predicted molar refractivity (Wildman–Crippen MR) is 69.8 cm³/mol. The Balaban J connectivity index is 2.05. The van der Waals surface area contributed by atoms with Crippen molar-refractivity contribution in [1.82, 2.24) is 0 Å². The molecule has 1 aliphatic heterocycles. The van der Waals surface area contributed by atoms with E-state index in [1.54, 1.807) is 0 Å². The average Bonchev–Trinajstić information content (AvgIpc) is 2.74. The van der Waals surface area contributed by atoms with Gasteiger partial charge in [-0.1, -0.05) is 12.1 Å². The topological polar surface area (TPSA) is 25.2 Å². The largest absolute Gasteiger partial charge is 0.449 e. The fourth-order valence-electron chi connectivity index (χ4n) is 2.44. The Bertz CT molecular complexity index is 547. The van der Waals surface area contributed by atoms with Crippen LogP contribution in [0.1, 0.15) is 29.2 Å². The van der Waals surface area contributed by atoms with Gasteiger partial charge in [0, 0.05) is 18.2 Å². The minimum Gasteiger partial charge on any atom is -0.449 e. The van der Waals surface area contributed by atoms with Crippen molar-refractivity contribution in [2.24, 2.45) is 0 Å². The Morgan fingerprint density at radius 2 is 2.18 bits per heavy atom. The molecule has 1 aliphatic rings. The Labute approximate surface area is 106 Å². The highest BCUT2D eigenvalue weighted by Crippen LogP contribution is 2.38. The quantitative estimate of drug-likeness (QED) is 0.818. The first-order chi connectivity index (χ1) is 8.24. The van der Waals surface area contributed by atoms with E-state index in [2.05, 4.69) is 30.4 Å². The number of nitrogens with one attached hydrogen (secondary N) is 1. The van der Waals surface area contributed by atoms with E-state index in [-0.39, 0.29) is 0 Å². The number of aryl methyl sites for hydroxylation is 1. The summed E-state index contributed by atoms with van der Waals surface area (Å²) in [6.07, 6.45) is 1.04. The molecule has 88 valence electrons. The first kappa shape index (κ1) is 10.7. The molecule has 2 nitrogen and oxygen atoms in total. The van der Waals surface area contributed by atoms with Crippen LogP contribution in [0.3, 0.4) is 0 Å². The van der Waals surface area contributed by atoms with E-state index < -0.39 is 0 Å². The van der Waals surface area contributed by atoms with Gasteiger partial charge in [0.25, 0.3) is 0 Å². The van der Waals surface area contributed by atoms with E-state index in [9.17, 15) is 0 Å². The van der Waals surface area contributed by atoms with Crippen LogP contribution in [-0.4, -0.2) is 6.54 Å². The highest BCUT2D eigenvalue weighted by molar-refractivity contribution is 6.28. The molecular formula is C14H14ClNO. The molecule has 1 aromatic carbocycles. The van der Waals surface area contributed by atoms with Gasteiger partial charge in [-0.2, -0.15) is 0 Å². The molecule has 0 radical (unpaired) electrons. The second kappa shape index (κ2) is 4.11. The van der Waals surface area contributed by atoms with Crippen molar-refractivity contribution in [2.75, 3.05) is 11.9 Å². The number of hydrogen-bond donors (Lipinski definition) is 1. The lowest BCUT2D eigenvalue weighted by Crippen LogP contribution is -2.17. The maximum absolute atomic E-state index is 5.85. The summed E-state index contributed by atoms with van der Waals surface area (Å²) >= 11 is 5.85. The Kier molecular flexibility index (Phi) is 2.60. The normalized spacial score (nSPS) is 18.6. The third-order valence-corrected chi connectivity index (χ3v) is 3.47. The highest BCUT2D eigenvalue weighted by atomic mass is 35.5. The van der Waals surface area contributed by atoms with E-state index in [0.29, 0.717) is 11.1 Å². The van der Waals surface area contributed by atoms with Gasteiger partial charge in [0.2, 0.25) is 0 Å². The van der Waals surface area contributed by atoms with E-state index in [0.717, 1.165) is 18.7 Å². The van der Waals surface area contributed by atoms with Gasteiger partial charge in [-0.05, 0) is 54.3 Å². The number of rotatable bonds is 1. The minimum absolute atomic E-state index is 0.319. The SMILES string of the molecule is Cc1ccc2c(c1)NCCC2c1ccc(Cl)o1. The Morgan fingerprint density at radius 1 is 1.29 bits per heavy atom. The molecule has 0 aliphatic carbocycles. The summed E-state index contributed by atoms with van der Waals surface area (Å²) in [7, 11) is 0. The van der Waals surface area contributed by atoms with E-state index in [1.165, 1.54) is 16.8 Å². The molecule has 1 N–H and O–H groups in total. The van der Waals surface area contributed by atoms with Crippen molar-refractivity contribution < 1.29 is 4.42 Å². The molecular weight excluding hydrogens is 234 g/mol. The number of fused-ring (bicyclic) bond motifs is 1. The zero-order chi connectivity index (χ0) is 11.8. The summed E-state index contributed by atoms with van der Waals surface area (Å²) in [4.78, 5) is 0. The third-order valence-electron chi connectivity index (χ3n) is 3.27. The van der Waals surface area contributed by atoms with Gasteiger partial charge >= 0.3 is 0 Å². The van der Waals surface area contributed by atoms with E-state index in [4.69, 9.17) is 16.0 Å². The molecule has 0 spiro atoms. The van der Waals surface area contributed by atoms with Crippen LogP contribution < -0.4 is 5.32 Å². The van der Waals surface area contributed by atoms with Crippen LogP contribution in [0.15, 0.2) is 34.7 Å². The molecule has 0 saturated carbocycles. The highest BCUT2D eigenvalue weighted by Gasteiger charge is 2.24. The molecule has 3 heteroatoms. The summed E-state index contributed by atoms with van der Waals surface area (Å²) in [6, 6.07) is 10.3. The third kappa shape index (κ3) is 1.93. The maximum atomic E-state index is 5.85. The molecule has 2 heterocycles. The van der Waals surface area contributed by atoms with Gasteiger partial charge in [-0.25, -0.2) is 0 Å². The van der Waals surface area contributed by atoms with Crippen molar-refractivity contribution in [3.8, 4) is 0 Å². The molecule has 1 unspecified atom stereocenters. The fraction of sp³-hybridized carbons (Fsp3) is 0.286. The van der Waals surface area contributed by atoms with Crippen molar-refractivity contribution in [3.05, 3.63) is 52.4 Å². The van der Waals surface area contributed by atoms with Crippen molar-refractivity contribution in [1.29, 1.82) is 0 Å². The van der Waals surface area contributed by atoms with Crippen LogP contribution in [0, 0.1) is 6.92 Å². The van der Waals surface area contributed by atoms with E-state index >= 15 is 0 Å². The molecule has 0 amide bonds. The zero-order valence-electron chi connectivity index (χ0n) is 9.66. The summed E-state index contributed by atoms with van der Waals surface area (Å²) in [6.45, 7) is 3.08. The lowest BCUT2D eigenvalue weighted by atomic mass is 9.88. The van der Waals surface area contributed by atoms with E-state index in [1.807, 2.05) is 12.1 Å². The molecule has 3 rings (SSSR count). The molecule has 0 bridgehead atoms. The Hall–Kier alpha value is -1.41. The van der Waals surface area contributed by atoms with Gasteiger partial charge in [-0.3, -0.25) is 0 Å². The van der Waals surface area contributed by atoms with Crippen LogP contribution in [0.2, 0.25) is 5.22 Å². The van der Waals surface area contributed by atoms with Crippen LogP contribution in [0.5, 0.6) is 0 Å². The molecule has 1 atom stereocenters. The van der Waals surface area contributed by atoms with Gasteiger partial charge < -0.3 is 9.73 Å². The first-order valence-electron chi connectivity index (χ1n) is 5.84. The van der Waals surface area contributed by atoms with Crippen molar-refractivity contribution in [3.63, 3.8) is 0 Å². The zero-order valence-corrected chi connectivity index (χ0v) is 10.4. The van der Waals surface area contributed by atoms with Crippen LogP contribution in [0.25, 0.3) is 0 Å². The predicted octanol–water partition coefficient (Wildman–Crippen LogP) is 4.19. The second-order valence-electron chi connectivity index (χ2n) is 4.50. The smallest absolute Gasteiger partial charge is 0.193 e. The summed E-state index contributed by atoms with van der Waals surface area (Å²) in [5.41, 5.74) is 3.79. The van der Waals surface area contributed by atoms with Crippen molar-refractivity contribution >= 4 is 17.3 Å². The Morgan fingerprint density at radius 3 is 2.94 bits per heavy atom. The fourth-order valence-corrected chi connectivity index (χ4v) is 2.60. The van der Waals surface area contributed by atoms with Crippen molar-refractivity contribution in [2.45, 2.75) is 19.3 Å². The average molecular weight is 248 g/mol. The van der Waals surface area contributed by atoms with Crippen LogP contribution in [0.4, 0.5) is 5.69 Å². The monoisotopic (exact) mass is 247 g/mol. The molecule has 0 saturated heterocycles. The summed E-state index contributed by atoms with van der Waals surface area (Å²) < 4.78 is 5.55. The summed E-state index contributed by atoms with van der Waals surface area (Å²) in [5, 5.41) is 3.90. The first-order valence-corrected chi connectivity index (χ1v) is 6.21. The second-order valence-corrected chi connectivity index (χ2v) is 4.87. The lowest BCUT2D eigenvalue weighted by molar-refractivity contribution is 0.476. The number of benzene rings is 1. The van der Waals surface area contributed by atoms with Gasteiger partial charge in [-0.15, -0.1) is 0 Å². The number of furan rings is 1. The lowest BCUT2D eigenvalue weighted by Gasteiger charge is -2.25. The molecule has 1 aromatic heterocycles. The van der Waals surface area contributed by atoms with Crippen LogP contribution in [-0.2, 0) is 0 Å². The van der Waals surface area contributed by atoms with Gasteiger partial charge in [0.1, 0.15) is 5.76 Å². The number of anilines is 1.